The van der Waals surface area contributed by atoms with Gasteiger partial charge in [0.15, 0.2) is 0 Å². The molecule has 0 saturated carbocycles. The lowest BCUT2D eigenvalue weighted by Crippen LogP contribution is -2.32. The van der Waals surface area contributed by atoms with Crippen LogP contribution in [0.3, 0.4) is 0 Å². The average molecular weight is 312 g/mol. The number of nitrogen functional groups attached to an aromatic ring is 1. The summed E-state index contributed by atoms with van der Waals surface area (Å²) in [5, 5.41) is 0.827. The molecule has 0 spiro atoms. The highest BCUT2D eigenvalue weighted by molar-refractivity contribution is 6.31. The Morgan fingerprint density at radius 3 is 2.50 bits per heavy atom. The molecule has 1 aromatic rings. The van der Waals surface area contributed by atoms with Crippen molar-refractivity contribution in [1.29, 1.82) is 0 Å². The van der Waals surface area contributed by atoms with E-state index in [0.29, 0.717) is 0 Å². The van der Waals surface area contributed by atoms with Crippen LogP contribution in [-0.4, -0.2) is 18.0 Å². The molecule has 0 unspecified atom stereocenters. The maximum atomic E-state index is 6.16. The lowest BCUT2D eigenvalue weighted by atomic mass is 9.99. The Labute approximate surface area is 127 Å². The Hall–Kier alpha value is -0.150. The Balaban J connectivity index is 0.00000144. The Morgan fingerprint density at radius 1 is 1.28 bits per heavy atom. The fourth-order valence-corrected chi connectivity index (χ4v) is 2.35. The number of hydrogen-bond donors (Lipinski definition) is 1. The molecule has 18 heavy (non-hydrogen) atoms. The van der Waals surface area contributed by atoms with E-state index in [1.54, 1.807) is 0 Å². The van der Waals surface area contributed by atoms with E-state index in [0.717, 1.165) is 28.7 Å². The van der Waals surface area contributed by atoms with Crippen LogP contribution in [0.1, 0.15) is 25.3 Å². The molecule has 1 saturated heterocycles. The fourth-order valence-electron chi connectivity index (χ4n) is 2.18. The van der Waals surface area contributed by atoms with Crippen molar-refractivity contribution in [3.8, 4) is 0 Å². The van der Waals surface area contributed by atoms with E-state index in [-0.39, 0.29) is 24.8 Å². The molecule has 104 valence electrons. The van der Waals surface area contributed by atoms with E-state index in [9.17, 15) is 0 Å². The van der Waals surface area contributed by atoms with Crippen molar-refractivity contribution >= 4 is 42.1 Å². The molecule has 2 rings (SSSR count). The van der Waals surface area contributed by atoms with Crippen molar-refractivity contribution in [3.05, 3.63) is 28.8 Å². The van der Waals surface area contributed by atoms with Crippen LogP contribution < -0.4 is 5.73 Å². The van der Waals surface area contributed by atoms with E-state index < -0.39 is 0 Å². The summed E-state index contributed by atoms with van der Waals surface area (Å²) < 4.78 is 0. The first-order valence-corrected chi connectivity index (χ1v) is 6.29. The van der Waals surface area contributed by atoms with E-state index in [2.05, 4.69) is 11.8 Å². The number of anilines is 1. The summed E-state index contributed by atoms with van der Waals surface area (Å²) in [6.45, 7) is 5.60. The molecule has 2 N–H and O–H groups in total. The summed E-state index contributed by atoms with van der Waals surface area (Å²) >= 11 is 6.16. The second-order valence-electron chi connectivity index (χ2n) is 4.81. The largest absolute Gasteiger partial charge is 0.399 e. The predicted octanol–water partition coefficient (Wildman–Crippen LogP) is 4.00. The van der Waals surface area contributed by atoms with Gasteiger partial charge in [0.2, 0.25) is 0 Å². The van der Waals surface area contributed by atoms with Gasteiger partial charge in [-0.15, -0.1) is 24.8 Å². The highest BCUT2D eigenvalue weighted by atomic mass is 35.5. The zero-order valence-electron chi connectivity index (χ0n) is 10.6. The average Bonchev–Trinajstić information content (AvgIpc) is 2.27. The summed E-state index contributed by atoms with van der Waals surface area (Å²) in [6.07, 6.45) is 2.58. The number of benzene rings is 1. The van der Waals surface area contributed by atoms with Gasteiger partial charge in [0.05, 0.1) is 0 Å². The van der Waals surface area contributed by atoms with E-state index >= 15 is 0 Å². The quantitative estimate of drug-likeness (QED) is 0.837. The number of rotatable bonds is 2. The van der Waals surface area contributed by atoms with Crippen molar-refractivity contribution in [2.75, 3.05) is 18.8 Å². The van der Waals surface area contributed by atoms with Crippen molar-refractivity contribution in [1.82, 2.24) is 4.90 Å². The van der Waals surface area contributed by atoms with Crippen LogP contribution in [0.25, 0.3) is 0 Å². The third kappa shape index (κ3) is 4.85. The number of hydrogen-bond acceptors (Lipinski definition) is 2. The smallest absolute Gasteiger partial charge is 0.0452 e. The van der Waals surface area contributed by atoms with Crippen molar-refractivity contribution < 1.29 is 0 Å². The van der Waals surface area contributed by atoms with Gasteiger partial charge in [0, 0.05) is 17.3 Å². The van der Waals surface area contributed by atoms with Crippen LogP contribution in [0.4, 0.5) is 5.69 Å². The predicted molar refractivity (Wildman–Crippen MR) is 84.0 cm³/mol. The molecule has 0 amide bonds. The summed E-state index contributed by atoms with van der Waals surface area (Å²) in [6, 6.07) is 5.73. The van der Waals surface area contributed by atoms with Gasteiger partial charge in [-0.1, -0.05) is 18.5 Å². The third-order valence-electron chi connectivity index (χ3n) is 3.34. The minimum Gasteiger partial charge on any atom is -0.399 e. The molecule has 0 radical (unpaired) electrons. The number of nitrogens with zero attached hydrogens (tertiary/aromatic N) is 1. The minimum atomic E-state index is 0. The Morgan fingerprint density at radius 2 is 1.89 bits per heavy atom. The fraction of sp³-hybridized carbons (Fsp3) is 0.538. The summed E-state index contributed by atoms with van der Waals surface area (Å²) in [7, 11) is 0. The first-order valence-electron chi connectivity index (χ1n) is 5.91. The Bertz CT molecular complexity index is 363. The highest BCUT2D eigenvalue weighted by Gasteiger charge is 2.16. The zero-order chi connectivity index (χ0) is 11.5. The molecule has 0 aromatic heterocycles. The van der Waals surface area contributed by atoms with Crippen molar-refractivity contribution in [2.45, 2.75) is 26.3 Å². The van der Waals surface area contributed by atoms with Crippen molar-refractivity contribution in [2.24, 2.45) is 5.92 Å². The van der Waals surface area contributed by atoms with Crippen LogP contribution in [-0.2, 0) is 6.54 Å². The van der Waals surface area contributed by atoms with Crippen LogP contribution in [0.2, 0.25) is 5.02 Å². The van der Waals surface area contributed by atoms with Crippen LogP contribution in [0.15, 0.2) is 18.2 Å². The maximum Gasteiger partial charge on any atom is 0.0452 e. The molecule has 5 heteroatoms. The summed E-state index contributed by atoms with van der Waals surface area (Å²) in [5.74, 6) is 0.868. The molecular weight excluding hydrogens is 291 g/mol. The summed E-state index contributed by atoms with van der Waals surface area (Å²) in [4.78, 5) is 2.46. The van der Waals surface area contributed by atoms with Crippen LogP contribution in [0.5, 0.6) is 0 Å². The first kappa shape index (κ1) is 17.8. The van der Waals surface area contributed by atoms with Gasteiger partial charge in [-0.3, -0.25) is 4.90 Å². The normalized spacial score (nSPS) is 16.8. The van der Waals surface area contributed by atoms with Gasteiger partial charge in [-0.05, 0) is 55.6 Å². The van der Waals surface area contributed by atoms with Crippen molar-refractivity contribution in [3.63, 3.8) is 0 Å². The molecule has 0 bridgehead atoms. The summed E-state index contributed by atoms with van der Waals surface area (Å²) in [5.41, 5.74) is 7.72. The second kappa shape index (κ2) is 8.11. The molecule has 1 aliphatic heterocycles. The molecule has 1 aromatic carbocycles. The van der Waals surface area contributed by atoms with Crippen LogP contribution in [0, 0.1) is 5.92 Å². The molecule has 0 atom stereocenters. The number of piperidine rings is 1. The lowest BCUT2D eigenvalue weighted by Gasteiger charge is -2.30. The topological polar surface area (TPSA) is 29.3 Å². The number of nitrogens with two attached hydrogens (primary N) is 1. The maximum absolute atomic E-state index is 6.16. The minimum absolute atomic E-state index is 0. The molecule has 1 aliphatic rings. The van der Waals surface area contributed by atoms with Gasteiger partial charge >= 0.3 is 0 Å². The van der Waals surface area contributed by atoms with Gasteiger partial charge < -0.3 is 5.73 Å². The van der Waals surface area contributed by atoms with E-state index in [4.69, 9.17) is 17.3 Å². The van der Waals surface area contributed by atoms with Crippen LogP contribution >= 0.6 is 36.4 Å². The zero-order valence-corrected chi connectivity index (χ0v) is 13.0. The number of halogens is 3. The second-order valence-corrected chi connectivity index (χ2v) is 5.22. The third-order valence-corrected chi connectivity index (χ3v) is 3.71. The Kier molecular flexibility index (Phi) is 8.04. The standard InChI is InChI=1S/C13H19ClN2.2ClH/c1-10-4-6-16(7-5-10)9-11-8-12(15)2-3-13(11)14;;/h2-3,8,10H,4-7,9,15H2,1H3;2*1H. The highest BCUT2D eigenvalue weighted by Crippen LogP contribution is 2.23. The molecule has 2 nitrogen and oxygen atoms in total. The molecular formula is C13H21Cl3N2. The van der Waals surface area contributed by atoms with Gasteiger partial charge in [-0.2, -0.15) is 0 Å². The van der Waals surface area contributed by atoms with Gasteiger partial charge in [0.25, 0.3) is 0 Å². The van der Waals surface area contributed by atoms with Gasteiger partial charge in [0.1, 0.15) is 0 Å². The monoisotopic (exact) mass is 310 g/mol. The molecule has 1 heterocycles. The van der Waals surface area contributed by atoms with E-state index in [1.165, 1.54) is 25.9 Å². The molecule has 1 fully saturated rings. The van der Waals surface area contributed by atoms with E-state index in [1.807, 2.05) is 18.2 Å². The first-order chi connectivity index (χ1) is 7.65. The molecule has 0 aliphatic carbocycles. The lowest BCUT2D eigenvalue weighted by molar-refractivity contribution is 0.185. The number of likely N-dealkylation sites (tertiary alicyclic amines) is 1. The van der Waals surface area contributed by atoms with Gasteiger partial charge in [-0.25, -0.2) is 0 Å². The SMILES string of the molecule is CC1CCN(Cc2cc(N)ccc2Cl)CC1.Cl.Cl.